The molecule has 0 unspecified atom stereocenters. The summed E-state index contributed by atoms with van der Waals surface area (Å²) in [5.41, 5.74) is 2.53. The van der Waals surface area contributed by atoms with Gasteiger partial charge >= 0.3 is 0 Å². The van der Waals surface area contributed by atoms with Crippen LogP contribution in [0.3, 0.4) is 0 Å². The van der Waals surface area contributed by atoms with Gasteiger partial charge in [0.05, 0.1) is 0 Å². The number of Topliss-reactive ketones (excluding diaryl/α,β-unsaturated/α-hetero) is 1. The topological polar surface area (TPSA) is 55.4 Å². The third-order valence-corrected chi connectivity index (χ3v) is 3.76. The van der Waals surface area contributed by atoms with Crippen LogP contribution in [-0.4, -0.2) is 30.9 Å². The lowest BCUT2D eigenvalue weighted by atomic mass is 9.92. The first-order valence-corrected chi connectivity index (χ1v) is 8.32. The Morgan fingerprint density at radius 2 is 1.65 bits per heavy atom. The number of benzene rings is 1. The number of fused-ring (bicyclic) bond motifs is 1. The molecule has 128 valence electrons. The van der Waals surface area contributed by atoms with Crippen molar-refractivity contribution in [3.05, 3.63) is 24.3 Å². The Morgan fingerprint density at radius 3 is 1.87 bits per heavy atom. The first-order valence-electron chi connectivity index (χ1n) is 8.32. The Labute approximate surface area is 139 Å². The van der Waals surface area contributed by atoms with Crippen molar-refractivity contribution in [3.63, 3.8) is 0 Å². The van der Waals surface area contributed by atoms with Crippen LogP contribution >= 0.6 is 0 Å². The van der Waals surface area contributed by atoms with E-state index in [4.69, 9.17) is 0 Å². The van der Waals surface area contributed by atoms with E-state index in [1.54, 1.807) is 0 Å². The van der Waals surface area contributed by atoms with Crippen LogP contribution in [0.15, 0.2) is 24.3 Å². The Kier molecular flexibility index (Phi) is 7.96. The summed E-state index contributed by atoms with van der Waals surface area (Å²) in [5, 5.41) is 3.24. The summed E-state index contributed by atoms with van der Waals surface area (Å²) in [6.07, 6.45) is 2.81. The zero-order valence-corrected chi connectivity index (χ0v) is 14.7. The van der Waals surface area contributed by atoms with Crippen LogP contribution in [0.2, 0.25) is 0 Å². The van der Waals surface area contributed by atoms with Crippen molar-refractivity contribution in [1.29, 1.82) is 0 Å². The van der Waals surface area contributed by atoms with E-state index in [0.29, 0.717) is 24.6 Å². The van der Waals surface area contributed by atoms with E-state index in [2.05, 4.69) is 34.3 Å². The quantitative estimate of drug-likeness (QED) is 0.878. The van der Waals surface area contributed by atoms with Crippen molar-refractivity contribution >= 4 is 12.3 Å². The van der Waals surface area contributed by atoms with Crippen LogP contribution in [0, 0.1) is 5.92 Å². The van der Waals surface area contributed by atoms with Crippen LogP contribution in [0.5, 0.6) is 0 Å². The van der Waals surface area contributed by atoms with Gasteiger partial charge in [0, 0.05) is 12.3 Å². The van der Waals surface area contributed by atoms with Gasteiger partial charge in [-0.1, -0.05) is 31.2 Å². The number of ketones is 1. The van der Waals surface area contributed by atoms with E-state index < -0.39 is 0 Å². The van der Waals surface area contributed by atoms with Crippen molar-refractivity contribution in [2.75, 3.05) is 13.1 Å². The van der Waals surface area contributed by atoms with E-state index in [1.807, 2.05) is 27.7 Å². The van der Waals surface area contributed by atoms with Crippen molar-refractivity contribution in [1.82, 2.24) is 5.32 Å². The summed E-state index contributed by atoms with van der Waals surface area (Å²) >= 11 is 0. The van der Waals surface area contributed by atoms with Gasteiger partial charge in [0.15, 0.2) is 0 Å². The maximum atomic E-state index is 11.1. The number of ether oxygens (including phenoxy) is 1. The highest BCUT2D eigenvalue weighted by Gasteiger charge is 2.18. The molecule has 0 aromatic heterocycles. The molecule has 0 spiro atoms. The van der Waals surface area contributed by atoms with E-state index in [1.165, 1.54) is 11.1 Å². The van der Waals surface area contributed by atoms with Crippen molar-refractivity contribution < 1.29 is 14.3 Å². The molecule has 0 amide bonds. The molecule has 1 heterocycles. The van der Waals surface area contributed by atoms with Gasteiger partial charge in [0.2, 0.25) is 0 Å². The second kappa shape index (κ2) is 9.46. The maximum absolute atomic E-state index is 11.1. The molecule has 3 rings (SSSR count). The van der Waals surface area contributed by atoms with Crippen molar-refractivity contribution in [3.8, 4) is 11.1 Å². The zero-order chi connectivity index (χ0) is 17.3. The molecule has 4 nitrogen and oxygen atoms in total. The van der Waals surface area contributed by atoms with E-state index >= 15 is 0 Å². The number of carbonyl (C=O) groups is 2. The molecule has 0 atom stereocenters. The monoisotopic (exact) mass is 319 g/mol. The van der Waals surface area contributed by atoms with Gasteiger partial charge in [0.25, 0.3) is 6.47 Å². The van der Waals surface area contributed by atoms with Gasteiger partial charge in [-0.25, -0.2) is 0 Å². The second-order valence-corrected chi connectivity index (χ2v) is 6.75. The lowest BCUT2D eigenvalue weighted by molar-refractivity contribution is -0.138. The highest BCUT2D eigenvalue weighted by Crippen LogP contribution is 2.29. The maximum Gasteiger partial charge on any atom is 0.293 e. The minimum Gasteiger partial charge on any atom is -0.462 e. The Balaban J connectivity index is 0.000000179. The molecule has 0 saturated carbocycles. The molecular weight excluding hydrogens is 290 g/mol. The molecule has 1 saturated heterocycles. The van der Waals surface area contributed by atoms with Gasteiger partial charge in [-0.3, -0.25) is 9.59 Å². The van der Waals surface area contributed by atoms with Crippen LogP contribution in [0.25, 0.3) is 11.1 Å². The summed E-state index contributed by atoms with van der Waals surface area (Å²) in [6, 6.07) is 8.48. The number of hydrogen-bond donors (Lipinski definition) is 1. The molecule has 1 fully saturated rings. The van der Waals surface area contributed by atoms with Crippen LogP contribution in [0.1, 0.15) is 47.0 Å². The number of piperidine rings is 1. The SMILES string of the molecule is CC(C)(C)OC=O.CCC(=O)C1CCNCC1.c1cc2ccc1-2. The molecule has 0 aromatic carbocycles. The van der Waals surface area contributed by atoms with E-state index in [-0.39, 0.29) is 5.60 Å². The highest BCUT2D eigenvalue weighted by molar-refractivity contribution is 5.80. The third-order valence-electron chi connectivity index (χ3n) is 3.76. The number of nitrogens with one attached hydrogen (secondary N) is 1. The number of hydrogen-bond acceptors (Lipinski definition) is 4. The molecule has 23 heavy (non-hydrogen) atoms. The predicted molar refractivity (Wildman–Crippen MR) is 93.2 cm³/mol. The Morgan fingerprint density at radius 1 is 1.17 bits per heavy atom. The lowest BCUT2D eigenvalue weighted by Gasteiger charge is -2.20. The lowest BCUT2D eigenvalue weighted by Crippen LogP contribution is -2.31. The minimum absolute atomic E-state index is 0.318. The smallest absolute Gasteiger partial charge is 0.293 e. The zero-order valence-electron chi connectivity index (χ0n) is 14.7. The van der Waals surface area contributed by atoms with Gasteiger partial charge in [-0.15, -0.1) is 0 Å². The fraction of sp³-hybridized carbons (Fsp3) is 0.579. The largest absolute Gasteiger partial charge is 0.462 e. The van der Waals surface area contributed by atoms with Gasteiger partial charge in [-0.2, -0.15) is 0 Å². The highest BCUT2D eigenvalue weighted by atomic mass is 16.5. The number of carbonyl (C=O) groups excluding carboxylic acids is 2. The molecule has 0 bridgehead atoms. The second-order valence-electron chi connectivity index (χ2n) is 6.75. The fourth-order valence-electron chi connectivity index (χ4n) is 2.24. The summed E-state index contributed by atoms with van der Waals surface area (Å²) in [5.74, 6) is 0.813. The molecule has 1 N–H and O–H groups in total. The first-order chi connectivity index (χ1) is 10.9. The Bertz CT molecular complexity index is 461. The molecule has 0 aromatic rings. The van der Waals surface area contributed by atoms with Gasteiger partial charge < -0.3 is 10.1 Å². The van der Waals surface area contributed by atoms with Crippen LogP contribution < -0.4 is 5.32 Å². The summed E-state index contributed by atoms with van der Waals surface area (Å²) < 4.78 is 4.55. The third kappa shape index (κ3) is 7.42. The van der Waals surface area contributed by atoms with Gasteiger partial charge in [-0.05, 0) is 57.8 Å². The van der Waals surface area contributed by atoms with Crippen molar-refractivity contribution in [2.24, 2.45) is 5.92 Å². The van der Waals surface area contributed by atoms with Crippen molar-refractivity contribution in [2.45, 2.75) is 52.6 Å². The average Bonchev–Trinajstić information content (AvgIpc) is 2.51. The first kappa shape index (κ1) is 19.4. The predicted octanol–water partition coefficient (Wildman–Crippen LogP) is 3.59. The summed E-state index contributed by atoms with van der Waals surface area (Å²) in [4.78, 5) is 20.7. The van der Waals surface area contributed by atoms with E-state index in [0.717, 1.165) is 25.9 Å². The normalized spacial score (nSPS) is 15.3. The minimum atomic E-state index is -0.318. The Hall–Kier alpha value is -1.68. The molecule has 1 aliphatic heterocycles. The molecule has 2 aliphatic carbocycles. The van der Waals surface area contributed by atoms with E-state index in [9.17, 15) is 9.59 Å². The average molecular weight is 319 g/mol. The molecule has 4 heteroatoms. The number of rotatable bonds is 3. The molecular formula is C19H29NO3. The summed E-state index contributed by atoms with van der Waals surface area (Å²) in [6.45, 7) is 9.92. The van der Waals surface area contributed by atoms with Gasteiger partial charge in [0.1, 0.15) is 11.4 Å². The summed E-state index contributed by atoms with van der Waals surface area (Å²) in [7, 11) is 0. The molecule has 0 radical (unpaired) electrons. The fourth-order valence-corrected chi connectivity index (χ4v) is 2.24. The van der Waals surface area contributed by atoms with Crippen LogP contribution in [-0.2, 0) is 14.3 Å². The molecule has 3 aliphatic rings. The standard InChI is InChI=1S/C8H15NO.C6H4.C5H10O2/c1-2-8(10)7-3-5-9-6-4-7;1-2-6-4-3-5(1)6;1-5(2,3)7-4-6/h7,9H,2-6H2,1H3;1-4H;4H,1-3H3. The van der Waals surface area contributed by atoms with Crippen LogP contribution in [0.4, 0.5) is 0 Å².